The van der Waals surface area contributed by atoms with Crippen molar-refractivity contribution >= 4 is 33.1 Å². The molecule has 0 aromatic carbocycles. The number of thiophene rings is 1. The van der Waals surface area contributed by atoms with Gasteiger partial charge in [0.05, 0.1) is 42.4 Å². The molecule has 25 heavy (non-hydrogen) atoms. The highest BCUT2D eigenvalue weighted by molar-refractivity contribution is 7.19. The molecule has 0 amide bonds. The molecule has 132 valence electrons. The average Bonchev–Trinajstić information content (AvgIpc) is 2.92. The first-order valence-electron chi connectivity index (χ1n) is 8.77. The lowest BCUT2D eigenvalue weighted by Gasteiger charge is -2.38. The van der Waals surface area contributed by atoms with Gasteiger partial charge in [0.15, 0.2) is 4.83 Å². The van der Waals surface area contributed by atoms with Gasteiger partial charge in [-0.25, -0.2) is 4.98 Å². The molecular weight excluding hydrogens is 334 g/mol. The zero-order chi connectivity index (χ0) is 17.8. The number of rotatable bonds is 1. The monoisotopic (exact) mass is 359 g/mol. The molecule has 4 heterocycles. The zero-order valence-electron chi connectivity index (χ0n) is 15.0. The first-order chi connectivity index (χ1) is 11.9. The first kappa shape index (κ1) is 16.6. The van der Waals surface area contributed by atoms with Crippen LogP contribution in [0.4, 0.5) is 11.5 Å². The number of nitrogen functional groups attached to an aromatic ring is 1. The summed E-state index contributed by atoms with van der Waals surface area (Å²) in [5.41, 5.74) is 9.80. The van der Waals surface area contributed by atoms with Crippen molar-refractivity contribution in [3.63, 3.8) is 0 Å². The van der Waals surface area contributed by atoms with Crippen molar-refractivity contribution in [3.05, 3.63) is 16.0 Å². The maximum Gasteiger partial charge on any atom is 0.284 e. The number of H-pyrrole nitrogens is 1. The molecule has 2 aliphatic heterocycles. The van der Waals surface area contributed by atoms with Crippen molar-refractivity contribution < 1.29 is 14.6 Å². The standard InChI is InChI=1S/C18H23N5OS/c1-18(2)8-11-12(10-22(18)3)16(23-4-6-24-7-5-23)21-17-14(11)15(20)13(9-19)25-17/h4-8,10,20H2,1-3H3/p+2. The van der Waals surface area contributed by atoms with Crippen LogP contribution in [-0.4, -0.2) is 38.9 Å². The van der Waals surface area contributed by atoms with Crippen LogP contribution in [0.2, 0.25) is 0 Å². The molecule has 2 aliphatic rings. The number of likely N-dealkylation sites (N-methyl/N-ethyl adjacent to an activating group) is 1. The van der Waals surface area contributed by atoms with E-state index in [0.29, 0.717) is 10.6 Å². The number of nitrogens with zero attached hydrogens (tertiary/aromatic N) is 2. The number of ether oxygens (including phenoxy) is 1. The fourth-order valence-electron chi connectivity index (χ4n) is 3.93. The molecule has 7 heteroatoms. The number of quaternary nitrogens is 1. The van der Waals surface area contributed by atoms with E-state index in [0.717, 1.165) is 49.5 Å². The maximum absolute atomic E-state index is 9.42. The Labute approximate surface area is 151 Å². The van der Waals surface area contributed by atoms with Crippen LogP contribution in [0, 0.1) is 11.3 Å². The van der Waals surface area contributed by atoms with Gasteiger partial charge in [0.2, 0.25) is 0 Å². The van der Waals surface area contributed by atoms with Crippen LogP contribution in [0.5, 0.6) is 0 Å². The minimum absolute atomic E-state index is 0.144. The van der Waals surface area contributed by atoms with Gasteiger partial charge in [-0.05, 0) is 19.4 Å². The minimum atomic E-state index is 0.144. The van der Waals surface area contributed by atoms with E-state index in [2.05, 4.69) is 36.8 Å². The highest BCUT2D eigenvalue weighted by Gasteiger charge is 2.41. The molecule has 1 atom stereocenters. The highest BCUT2D eigenvalue weighted by Crippen LogP contribution is 2.39. The molecule has 0 bridgehead atoms. The second kappa shape index (κ2) is 5.84. The number of pyridine rings is 1. The van der Waals surface area contributed by atoms with Gasteiger partial charge in [-0.15, -0.1) is 0 Å². The summed E-state index contributed by atoms with van der Waals surface area (Å²) in [6.07, 6.45) is 0.961. The number of anilines is 2. The van der Waals surface area contributed by atoms with Gasteiger partial charge in [0.25, 0.3) is 5.82 Å². The molecule has 1 unspecified atom stereocenters. The summed E-state index contributed by atoms with van der Waals surface area (Å²) in [7, 11) is 2.26. The van der Waals surface area contributed by atoms with Gasteiger partial charge in [-0.1, -0.05) is 11.3 Å². The smallest absolute Gasteiger partial charge is 0.284 e. The largest absolute Gasteiger partial charge is 0.396 e. The molecule has 1 fully saturated rings. The van der Waals surface area contributed by atoms with Gasteiger partial charge >= 0.3 is 0 Å². The minimum Gasteiger partial charge on any atom is -0.396 e. The molecule has 4 N–H and O–H groups in total. The summed E-state index contributed by atoms with van der Waals surface area (Å²) < 4.78 is 5.53. The molecule has 4 rings (SSSR count). The van der Waals surface area contributed by atoms with Gasteiger partial charge in [-0.3, -0.25) is 4.90 Å². The molecule has 2 aromatic heterocycles. The van der Waals surface area contributed by atoms with E-state index in [1.54, 1.807) is 0 Å². The lowest BCUT2D eigenvalue weighted by Crippen LogP contribution is -3.16. The van der Waals surface area contributed by atoms with Crippen molar-refractivity contribution in [2.45, 2.75) is 32.4 Å². The van der Waals surface area contributed by atoms with Crippen LogP contribution in [0.25, 0.3) is 10.2 Å². The third-order valence-electron chi connectivity index (χ3n) is 5.77. The van der Waals surface area contributed by atoms with E-state index in [1.165, 1.54) is 33.2 Å². The highest BCUT2D eigenvalue weighted by atomic mass is 32.1. The van der Waals surface area contributed by atoms with Crippen LogP contribution in [0.1, 0.15) is 29.9 Å². The van der Waals surface area contributed by atoms with Crippen LogP contribution < -0.4 is 20.5 Å². The van der Waals surface area contributed by atoms with Crippen molar-refractivity contribution in [3.8, 4) is 6.07 Å². The van der Waals surface area contributed by atoms with Gasteiger partial charge < -0.3 is 15.4 Å². The van der Waals surface area contributed by atoms with E-state index < -0.39 is 0 Å². The van der Waals surface area contributed by atoms with Gasteiger partial charge in [0.1, 0.15) is 30.6 Å². The number of nitrogens with one attached hydrogen (secondary N) is 2. The van der Waals surface area contributed by atoms with Crippen LogP contribution >= 0.6 is 11.3 Å². The number of morpholine rings is 1. The van der Waals surface area contributed by atoms with E-state index in [-0.39, 0.29) is 5.54 Å². The summed E-state index contributed by atoms with van der Waals surface area (Å²) in [4.78, 5) is 9.12. The molecular formula is C18H25N5OS+2. The summed E-state index contributed by atoms with van der Waals surface area (Å²) in [6.45, 7) is 8.85. The Bertz CT molecular complexity index is 876. The SMILES string of the molecule is C[NH+]1Cc2c(N3CCOCC3)[nH+]c3sc(C#N)c(N)c3c2CC1(C)C. The lowest BCUT2D eigenvalue weighted by atomic mass is 9.84. The molecule has 6 nitrogen and oxygen atoms in total. The molecule has 0 saturated carbocycles. The lowest BCUT2D eigenvalue weighted by molar-refractivity contribution is -0.945. The summed E-state index contributed by atoms with van der Waals surface area (Å²) in [6, 6.07) is 2.25. The average molecular weight is 359 g/mol. The predicted molar refractivity (Wildman–Crippen MR) is 98.9 cm³/mol. The normalized spacial score (nSPS) is 22.6. The van der Waals surface area contributed by atoms with E-state index in [1.807, 2.05) is 0 Å². The molecule has 1 saturated heterocycles. The summed E-state index contributed by atoms with van der Waals surface area (Å²) in [5, 5.41) is 10.5. The Kier molecular flexibility index (Phi) is 3.87. The van der Waals surface area contributed by atoms with E-state index >= 15 is 0 Å². The van der Waals surface area contributed by atoms with Gasteiger partial charge in [0, 0.05) is 6.42 Å². The van der Waals surface area contributed by atoms with Crippen molar-refractivity contribution in [2.24, 2.45) is 0 Å². The number of hydrogen-bond acceptors (Lipinski definition) is 5. The second-order valence-electron chi connectivity index (χ2n) is 7.71. The Morgan fingerprint density at radius 3 is 2.72 bits per heavy atom. The summed E-state index contributed by atoms with van der Waals surface area (Å²) >= 11 is 1.47. The fraction of sp³-hybridized carbons (Fsp3) is 0.556. The van der Waals surface area contributed by atoms with Crippen LogP contribution in [0.3, 0.4) is 0 Å². The number of aromatic amines is 1. The molecule has 0 aliphatic carbocycles. The van der Waals surface area contributed by atoms with Crippen molar-refractivity contribution in [1.29, 1.82) is 5.26 Å². The van der Waals surface area contributed by atoms with E-state index in [4.69, 9.17) is 10.5 Å². The molecule has 0 spiro atoms. The molecule has 0 radical (unpaired) electrons. The third-order valence-corrected chi connectivity index (χ3v) is 6.80. The molecule has 2 aromatic rings. The number of aromatic nitrogens is 1. The number of nitriles is 1. The zero-order valence-corrected chi connectivity index (χ0v) is 15.8. The second-order valence-corrected chi connectivity index (χ2v) is 8.73. The quantitative estimate of drug-likeness (QED) is 0.770. The number of hydrogen-bond donors (Lipinski definition) is 2. The van der Waals surface area contributed by atoms with Crippen molar-refractivity contribution in [1.82, 2.24) is 0 Å². The topological polar surface area (TPSA) is 80.9 Å². The Hall–Kier alpha value is -1.88. The predicted octanol–water partition coefficient (Wildman–Crippen LogP) is 0.355. The number of nitrogens with two attached hydrogens (primary N) is 1. The fourth-order valence-corrected chi connectivity index (χ4v) is 4.88. The van der Waals surface area contributed by atoms with E-state index in [9.17, 15) is 5.26 Å². The van der Waals surface area contributed by atoms with Gasteiger partial charge in [-0.2, -0.15) is 5.26 Å². The summed E-state index contributed by atoms with van der Waals surface area (Å²) in [5.74, 6) is 1.19. The Morgan fingerprint density at radius 2 is 2.04 bits per heavy atom. The Balaban J connectivity index is 1.98. The van der Waals surface area contributed by atoms with Crippen LogP contribution in [0.15, 0.2) is 0 Å². The van der Waals surface area contributed by atoms with Crippen LogP contribution in [-0.2, 0) is 17.7 Å². The first-order valence-corrected chi connectivity index (χ1v) is 9.58. The number of fused-ring (bicyclic) bond motifs is 3. The third kappa shape index (κ3) is 2.56. The Morgan fingerprint density at radius 1 is 1.32 bits per heavy atom. The maximum atomic E-state index is 9.42. The van der Waals surface area contributed by atoms with Crippen molar-refractivity contribution in [2.75, 3.05) is 44.0 Å².